The molecule has 1 fully saturated rings. The standard InChI is InChI=1S/C33H32ClN3O2S2/c1-2-3-4-5-11-19-36-32(38)30(41-33(36)40)21-26-22-37(27-15-7-6-8-16-27)35-31(26)24-14-12-17-28(20-24)39-23-25-13-9-10-18-29(25)34/h6-10,12-18,20-22H,2-5,11,19,23H2,1H3. The molecule has 0 saturated carbocycles. The van der Waals surface area contributed by atoms with Crippen LogP contribution in [0.2, 0.25) is 5.02 Å². The Balaban J connectivity index is 1.42. The number of hydrogen-bond donors (Lipinski definition) is 0. The molecule has 5 nitrogen and oxygen atoms in total. The highest BCUT2D eigenvalue weighted by molar-refractivity contribution is 8.26. The summed E-state index contributed by atoms with van der Waals surface area (Å²) in [5, 5.41) is 5.61. The number of hydrogen-bond acceptors (Lipinski definition) is 5. The van der Waals surface area contributed by atoms with Crippen molar-refractivity contribution in [3.63, 3.8) is 0 Å². The van der Waals surface area contributed by atoms with E-state index in [-0.39, 0.29) is 5.91 Å². The number of unbranched alkanes of at least 4 members (excludes halogenated alkanes) is 4. The first-order valence-corrected chi connectivity index (χ1v) is 15.5. The number of para-hydroxylation sites is 1. The van der Waals surface area contributed by atoms with Crippen LogP contribution in [-0.4, -0.2) is 31.5 Å². The van der Waals surface area contributed by atoms with E-state index in [2.05, 4.69) is 6.92 Å². The minimum atomic E-state index is -0.0364. The highest BCUT2D eigenvalue weighted by Gasteiger charge is 2.32. The van der Waals surface area contributed by atoms with Crippen LogP contribution in [0.5, 0.6) is 5.75 Å². The number of benzene rings is 3. The number of thiocarbonyl (C=S) groups is 1. The van der Waals surface area contributed by atoms with Gasteiger partial charge in [0.1, 0.15) is 22.4 Å². The van der Waals surface area contributed by atoms with Gasteiger partial charge in [0.2, 0.25) is 0 Å². The van der Waals surface area contributed by atoms with Crippen molar-refractivity contribution in [2.24, 2.45) is 0 Å². The summed E-state index contributed by atoms with van der Waals surface area (Å²) in [6.45, 7) is 3.22. The van der Waals surface area contributed by atoms with Crippen LogP contribution in [0.1, 0.15) is 50.2 Å². The van der Waals surface area contributed by atoms with E-state index in [0.29, 0.717) is 33.1 Å². The third kappa shape index (κ3) is 7.28. The topological polar surface area (TPSA) is 47.4 Å². The van der Waals surface area contributed by atoms with Gasteiger partial charge < -0.3 is 4.74 Å². The summed E-state index contributed by atoms with van der Waals surface area (Å²) in [5.41, 5.74) is 4.32. The summed E-state index contributed by atoms with van der Waals surface area (Å²) >= 11 is 13.3. The van der Waals surface area contributed by atoms with Crippen molar-refractivity contribution in [3.05, 3.63) is 106 Å². The lowest BCUT2D eigenvalue weighted by Gasteiger charge is -2.13. The molecule has 1 amide bonds. The molecule has 8 heteroatoms. The molecule has 0 bridgehead atoms. The van der Waals surface area contributed by atoms with Crippen LogP contribution < -0.4 is 4.74 Å². The monoisotopic (exact) mass is 601 g/mol. The van der Waals surface area contributed by atoms with Gasteiger partial charge in [0.05, 0.1) is 10.6 Å². The molecule has 4 aromatic rings. The smallest absolute Gasteiger partial charge is 0.266 e. The fourth-order valence-corrected chi connectivity index (χ4v) is 6.14. The fourth-order valence-electron chi connectivity index (χ4n) is 4.65. The zero-order chi connectivity index (χ0) is 28.6. The van der Waals surface area contributed by atoms with Crippen molar-refractivity contribution in [2.75, 3.05) is 6.54 Å². The van der Waals surface area contributed by atoms with Crippen LogP contribution >= 0.6 is 35.6 Å². The van der Waals surface area contributed by atoms with Gasteiger partial charge in [0.25, 0.3) is 5.91 Å². The molecule has 0 atom stereocenters. The number of carbonyl (C=O) groups is 1. The minimum absolute atomic E-state index is 0.0364. The number of aromatic nitrogens is 2. The van der Waals surface area contributed by atoms with E-state index in [1.54, 1.807) is 4.90 Å². The number of carbonyl (C=O) groups excluding carboxylic acids is 1. The molecule has 0 unspecified atom stereocenters. The average molecular weight is 602 g/mol. The molecule has 3 aromatic carbocycles. The van der Waals surface area contributed by atoms with Gasteiger partial charge in [-0.3, -0.25) is 9.69 Å². The van der Waals surface area contributed by atoms with Crippen LogP contribution in [0, 0.1) is 0 Å². The second-order valence-electron chi connectivity index (χ2n) is 9.87. The maximum atomic E-state index is 13.4. The molecule has 0 N–H and O–H groups in total. The number of amides is 1. The van der Waals surface area contributed by atoms with Gasteiger partial charge in [-0.25, -0.2) is 4.68 Å². The molecule has 0 radical (unpaired) electrons. The Morgan fingerprint density at radius 2 is 1.76 bits per heavy atom. The summed E-state index contributed by atoms with van der Waals surface area (Å²) in [7, 11) is 0. The molecule has 1 aromatic heterocycles. The Labute approximate surface area is 256 Å². The molecule has 0 aliphatic carbocycles. The van der Waals surface area contributed by atoms with Gasteiger partial charge in [0, 0.05) is 34.5 Å². The number of nitrogens with zero attached hydrogens (tertiary/aromatic N) is 3. The molecular weight excluding hydrogens is 570 g/mol. The van der Waals surface area contributed by atoms with Crippen molar-refractivity contribution in [3.8, 4) is 22.7 Å². The largest absolute Gasteiger partial charge is 0.489 e. The molecule has 1 aliphatic heterocycles. The Morgan fingerprint density at radius 3 is 2.56 bits per heavy atom. The molecule has 5 rings (SSSR count). The van der Waals surface area contributed by atoms with E-state index in [9.17, 15) is 4.79 Å². The SMILES string of the molecule is CCCCCCCN1C(=O)C(=Cc2cn(-c3ccccc3)nc2-c2cccc(OCc3ccccc3Cl)c2)SC1=S. The first-order chi connectivity index (χ1) is 20.0. The number of rotatable bonds is 12. The van der Waals surface area contributed by atoms with E-state index in [4.69, 9.17) is 33.7 Å². The molecule has 2 heterocycles. The third-order valence-electron chi connectivity index (χ3n) is 6.87. The first-order valence-electron chi connectivity index (χ1n) is 13.9. The summed E-state index contributed by atoms with van der Waals surface area (Å²) < 4.78 is 8.55. The van der Waals surface area contributed by atoms with Crippen LogP contribution in [0.3, 0.4) is 0 Å². The zero-order valence-corrected chi connectivity index (χ0v) is 25.4. The predicted octanol–water partition coefficient (Wildman–Crippen LogP) is 8.94. The number of halogens is 1. The molecular formula is C33H32ClN3O2S2. The van der Waals surface area contributed by atoms with Crippen LogP contribution in [0.15, 0.2) is 90.0 Å². The molecule has 0 spiro atoms. The van der Waals surface area contributed by atoms with Crippen molar-refractivity contribution >= 4 is 51.9 Å². The van der Waals surface area contributed by atoms with Crippen molar-refractivity contribution < 1.29 is 9.53 Å². The average Bonchev–Trinajstić information content (AvgIpc) is 3.53. The Morgan fingerprint density at radius 1 is 0.976 bits per heavy atom. The second-order valence-corrected chi connectivity index (χ2v) is 12.0. The van der Waals surface area contributed by atoms with E-state index in [1.807, 2.05) is 95.8 Å². The first kappa shape index (κ1) is 29.1. The highest BCUT2D eigenvalue weighted by atomic mass is 35.5. The summed E-state index contributed by atoms with van der Waals surface area (Å²) in [5.74, 6) is 0.669. The normalized spacial score (nSPS) is 14.3. The number of ether oxygens (including phenoxy) is 1. The second kappa shape index (κ2) is 14.0. The van der Waals surface area contributed by atoms with Gasteiger partial charge in [-0.1, -0.05) is 117 Å². The molecule has 1 aliphatic rings. The zero-order valence-electron chi connectivity index (χ0n) is 23.0. The van der Waals surface area contributed by atoms with Crippen molar-refractivity contribution in [1.82, 2.24) is 14.7 Å². The quantitative estimate of drug-likeness (QED) is 0.0921. The highest BCUT2D eigenvalue weighted by Crippen LogP contribution is 2.36. The Hall–Kier alpha value is -3.39. The third-order valence-corrected chi connectivity index (χ3v) is 8.61. The Kier molecular flexibility index (Phi) is 9.93. The Bertz CT molecular complexity index is 1550. The lowest BCUT2D eigenvalue weighted by Crippen LogP contribution is -2.29. The van der Waals surface area contributed by atoms with Crippen LogP contribution in [0.25, 0.3) is 23.0 Å². The summed E-state index contributed by atoms with van der Waals surface area (Å²) in [6.07, 6.45) is 9.53. The lowest BCUT2D eigenvalue weighted by molar-refractivity contribution is -0.122. The van der Waals surface area contributed by atoms with Gasteiger partial charge in [0.15, 0.2) is 0 Å². The summed E-state index contributed by atoms with van der Waals surface area (Å²) in [4.78, 5) is 15.7. The fraction of sp³-hybridized carbons (Fsp3) is 0.242. The van der Waals surface area contributed by atoms with E-state index >= 15 is 0 Å². The predicted molar refractivity (Wildman–Crippen MR) is 173 cm³/mol. The minimum Gasteiger partial charge on any atom is -0.489 e. The summed E-state index contributed by atoms with van der Waals surface area (Å²) in [6, 6.07) is 25.4. The maximum absolute atomic E-state index is 13.4. The van der Waals surface area contributed by atoms with Gasteiger partial charge in [-0.05, 0) is 42.8 Å². The van der Waals surface area contributed by atoms with Gasteiger partial charge >= 0.3 is 0 Å². The molecule has 1 saturated heterocycles. The number of thioether (sulfide) groups is 1. The maximum Gasteiger partial charge on any atom is 0.266 e. The van der Waals surface area contributed by atoms with E-state index in [0.717, 1.165) is 40.9 Å². The van der Waals surface area contributed by atoms with Crippen molar-refractivity contribution in [2.45, 2.75) is 45.6 Å². The van der Waals surface area contributed by atoms with E-state index < -0.39 is 0 Å². The van der Waals surface area contributed by atoms with E-state index in [1.165, 1.54) is 31.0 Å². The lowest BCUT2D eigenvalue weighted by atomic mass is 10.1. The van der Waals surface area contributed by atoms with Gasteiger partial charge in [-0.15, -0.1) is 0 Å². The molecule has 210 valence electrons. The van der Waals surface area contributed by atoms with Crippen LogP contribution in [0.4, 0.5) is 0 Å². The van der Waals surface area contributed by atoms with Crippen molar-refractivity contribution in [1.29, 1.82) is 0 Å². The van der Waals surface area contributed by atoms with Crippen LogP contribution in [-0.2, 0) is 11.4 Å². The molecule has 41 heavy (non-hydrogen) atoms. The van der Waals surface area contributed by atoms with Gasteiger partial charge in [-0.2, -0.15) is 5.10 Å².